The van der Waals surface area contributed by atoms with Crippen LogP contribution in [0.3, 0.4) is 0 Å². The van der Waals surface area contributed by atoms with Crippen LogP contribution in [0, 0.1) is 0 Å². The fourth-order valence-corrected chi connectivity index (χ4v) is 5.56. The fraction of sp³-hybridized carbons (Fsp3) is 0.0526. The molecule has 0 aliphatic rings. The van der Waals surface area contributed by atoms with Crippen molar-refractivity contribution in [3.63, 3.8) is 0 Å². The lowest BCUT2D eigenvalue weighted by atomic mass is 9.83. The highest BCUT2D eigenvalue weighted by molar-refractivity contribution is 7.87. The van der Waals surface area contributed by atoms with Gasteiger partial charge in [-0.15, -0.1) is 0 Å². The van der Waals surface area contributed by atoms with Crippen LogP contribution in [-0.4, -0.2) is 23.2 Å². The van der Waals surface area contributed by atoms with Gasteiger partial charge >= 0.3 is 0 Å². The average molecular weight is 494 g/mol. The van der Waals surface area contributed by atoms with E-state index in [9.17, 15) is 23.2 Å². The van der Waals surface area contributed by atoms with Gasteiger partial charge in [-0.2, -0.15) is 8.42 Å². The lowest BCUT2D eigenvalue weighted by molar-refractivity contribution is 0.444. The highest BCUT2D eigenvalue weighted by Crippen LogP contribution is 2.47. The number of aromatic hydroxyl groups is 2. The number of hydrogen-bond donors (Lipinski definition) is 3. The highest BCUT2D eigenvalue weighted by atomic mass is 35.5. The Morgan fingerprint density at radius 2 is 0.897 bits per heavy atom. The Hall–Kier alpha value is -1.67. The molecule has 0 amide bonds. The van der Waals surface area contributed by atoms with E-state index < -0.39 is 26.4 Å². The van der Waals surface area contributed by atoms with Gasteiger partial charge in [-0.25, -0.2) is 0 Å². The number of benzene rings is 3. The summed E-state index contributed by atoms with van der Waals surface area (Å²) in [4.78, 5) is 0. The van der Waals surface area contributed by atoms with E-state index in [-0.39, 0.29) is 36.8 Å². The molecule has 3 aromatic rings. The Bertz CT molecular complexity index is 1030. The third-order valence-electron chi connectivity index (χ3n) is 4.23. The van der Waals surface area contributed by atoms with E-state index in [1.807, 2.05) is 0 Å². The molecule has 0 aliphatic heterocycles. The lowest BCUT2D eigenvalue weighted by Crippen LogP contribution is -2.38. The van der Waals surface area contributed by atoms with E-state index in [0.717, 1.165) is 18.2 Å². The molecule has 10 heteroatoms. The summed E-state index contributed by atoms with van der Waals surface area (Å²) >= 11 is 24.4. The van der Waals surface area contributed by atoms with Gasteiger partial charge in [0, 0.05) is 26.2 Å². The van der Waals surface area contributed by atoms with Crippen LogP contribution in [0.2, 0.25) is 20.1 Å². The Morgan fingerprint density at radius 1 is 0.586 bits per heavy atom. The standard InChI is InChI=1S/C19H12Cl4O5S/c20-13-1-10(2-14(21)7-13)19(29(26,27)28,11-3-15(22)8-16(23)4-11)12-5-17(24)9-18(25)6-12/h1-9,24-25H,(H,26,27,28). The van der Waals surface area contributed by atoms with Gasteiger partial charge < -0.3 is 10.2 Å². The summed E-state index contributed by atoms with van der Waals surface area (Å²) in [5.41, 5.74) is -0.296. The van der Waals surface area contributed by atoms with Crippen molar-refractivity contribution in [2.45, 2.75) is 4.75 Å². The minimum atomic E-state index is -5.04. The minimum Gasteiger partial charge on any atom is -0.508 e. The summed E-state index contributed by atoms with van der Waals surface area (Å²) in [6.07, 6.45) is 0. The molecule has 0 spiro atoms. The molecule has 0 heterocycles. The van der Waals surface area contributed by atoms with Crippen LogP contribution in [0.4, 0.5) is 0 Å². The molecule has 0 atom stereocenters. The van der Waals surface area contributed by atoms with Gasteiger partial charge in [0.25, 0.3) is 10.1 Å². The Kier molecular flexibility index (Phi) is 5.98. The monoisotopic (exact) mass is 492 g/mol. The van der Waals surface area contributed by atoms with E-state index in [1.54, 1.807) is 0 Å². The molecule has 0 saturated heterocycles. The predicted molar refractivity (Wildman–Crippen MR) is 114 cm³/mol. The largest absolute Gasteiger partial charge is 0.508 e. The number of phenolic OH excluding ortho intramolecular Hbond substituents is 2. The Morgan fingerprint density at radius 3 is 1.21 bits per heavy atom. The van der Waals surface area contributed by atoms with Gasteiger partial charge in [0.15, 0.2) is 4.75 Å². The first-order valence-corrected chi connectivity index (χ1v) is 10.8. The van der Waals surface area contributed by atoms with Crippen molar-refractivity contribution in [1.82, 2.24) is 0 Å². The topological polar surface area (TPSA) is 94.8 Å². The van der Waals surface area contributed by atoms with Crippen molar-refractivity contribution < 1.29 is 23.2 Å². The summed E-state index contributed by atoms with van der Waals surface area (Å²) in [5, 5.41) is 20.4. The quantitative estimate of drug-likeness (QED) is 0.311. The molecule has 3 N–H and O–H groups in total. The van der Waals surface area contributed by atoms with Crippen molar-refractivity contribution >= 4 is 56.5 Å². The Labute approximate surface area is 186 Å². The molecule has 0 aliphatic carbocycles. The van der Waals surface area contributed by atoms with E-state index in [0.29, 0.717) is 0 Å². The van der Waals surface area contributed by atoms with Crippen molar-refractivity contribution in [2.24, 2.45) is 0 Å². The predicted octanol–water partition coefficient (Wildman–Crippen LogP) is 5.89. The molecule has 0 unspecified atom stereocenters. The van der Waals surface area contributed by atoms with Crippen LogP contribution >= 0.6 is 46.4 Å². The molecular weight excluding hydrogens is 482 g/mol. The van der Waals surface area contributed by atoms with Crippen LogP contribution < -0.4 is 0 Å². The van der Waals surface area contributed by atoms with Gasteiger partial charge in [-0.3, -0.25) is 4.55 Å². The zero-order valence-electron chi connectivity index (χ0n) is 14.3. The van der Waals surface area contributed by atoms with E-state index in [2.05, 4.69) is 0 Å². The van der Waals surface area contributed by atoms with E-state index >= 15 is 0 Å². The van der Waals surface area contributed by atoms with Crippen LogP contribution in [0.15, 0.2) is 54.6 Å². The van der Waals surface area contributed by atoms with Crippen LogP contribution in [0.1, 0.15) is 16.7 Å². The smallest absolute Gasteiger partial charge is 0.283 e. The van der Waals surface area contributed by atoms with Gasteiger partial charge in [-0.05, 0) is 65.2 Å². The van der Waals surface area contributed by atoms with Gasteiger partial charge in [0.05, 0.1) is 0 Å². The van der Waals surface area contributed by atoms with Crippen molar-refractivity contribution in [2.75, 3.05) is 0 Å². The van der Waals surface area contributed by atoms with Gasteiger partial charge in [-0.1, -0.05) is 46.4 Å². The SMILES string of the molecule is O=S(=O)(O)C(c1cc(O)cc(O)c1)(c1cc(Cl)cc(Cl)c1)c1cc(Cl)cc(Cl)c1. The molecule has 0 bridgehead atoms. The van der Waals surface area contributed by atoms with Gasteiger partial charge in [0.2, 0.25) is 0 Å². The zero-order chi connectivity index (χ0) is 21.6. The third-order valence-corrected chi connectivity index (χ3v) is 6.59. The number of rotatable bonds is 4. The maximum absolute atomic E-state index is 12.9. The molecule has 0 aromatic heterocycles. The number of hydrogen-bond acceptors (Lipinski definition) is 4. The molecular formula is C19H12Cl4O5S. The molecule has 3 rings (SSSR count). The van der Waals surface area contributed by atoms with Crippen LogP contribution in [0.5, 0.6) is 11.5 Å². The number of phenols is 2. The molecule has 0 fully saturated rings. The summed E-state index contributed by atoms with van der Waals surface area (Å²) in [6, 6.07) is 11.1. The Balaban J connectivity index is 2.60. The second kappa shape index (κ2) is 7.87. The highest BCUT2D eigenvalue weighted by Gasteiger charge is 2.49. The fourth-order valence-electron chi connectivity index (χ4n) is 3.26. The average Bonchev–Trinajstić information content (AvgIpc) is 2.51. The minimum absolute atomic E-state index is 0.0548. The van der Waals surface area contributed by atoms with E-state index in [1.165, 1.54) is 36.4 Å². The molecule has 5 nitrogen and oxygen atoms in total. The van der Waals surface area contributed by atoms with Crippen LogP contribution in [0.25, 0.3) is 0 Å². The first-order chi connectivity index (χ1) is 13.4. The van der Waals surface area contributed by atoms with Crippen molar-refractivity contribution in [1.29, 1.82) is 0 Å². The number of halogens is 4. The first kappa shape index (κ1) is 22.0. The summed E-state index contributed by atoms with van der Waals surface area (Å²) in [6.45, 7) is 0. The second-order valence-electron chi connectivity index (χ2n) is 6.21. The van der Waals surface area contributed by atoms with E-state index in [4.69, 9.17) is 46.4 Å². The molecule has 3 aromatic carbocycles. The summed E-state index contributed by atoms with van der Waals surface area (Å²) in [5.74, 6) is -0.872. The normalized spacial score (nSPS) is 12.2. The van der Waals surface area contributed by atoms with Gasteiger partial charge in [0.1, 0.15) is 11.5 Å². The molecule has 29 heavy (non-hydrogen) atoms. The molecule has 0 saturated carbocycles. The maximum atomic E-state index is 12.9. The van der Waals surface area contributed by atoms with Crippen LogP contribution in [-0.2, 0) is 14.9 Å². The second-order valence-corrected chi connectivity index (χ2v) is 9.52. The zero-order valence-corrected chi connectivity index (χ0v) is 18.1. The maximum Gasteiger partial charge on any atom is 0.283 e. The third kappa shape index (κ3) is 4.14. The lowest BCUT2D eigenvalue weighted by Gasteiger charge is -2.33. The molecule has 0 radical (unpaired) electrons. The van der Waals surface area contributed by atoms with Crippen molar-refractivity contribution in [3.05, 3.63) is 91.4 Å². The first-order valence-electron chi connectivity index (χ1n) is 7.87. The van der Waals surface area contributed by atoms with Crippen molar-refractivity contribution in [3.8, 4) is 11.5 Å². The summed E-state index contributed by atoms with van der Waals surface area (Å²) < 4.78 is 34.0. The summed E-state index contributed by atoms with van der Waals surface area (Å²) in [7, 11) is -5.04. The molecule has 152 valence electrons.